The zero-order valence-electron chi connectivity index (χ0n) is 13.6. The molecule has 0 bridgehead atoms. The Morgan fingerprint density at radius 1 is 0.737 bits per heavy atom. The van der Waals surface area contributed by atoms with Gasteiger partial charge in [-0.3, -0.25) is 0 Å². The molecule has 0 spiro atoms. The van der Waals surface area contributed by atoms with Crippen molar-refractivity contribution in [3.63, 3.8) is 0 Å². The lowest BCUT2D eigenvalue weighted by atomic mass is 9.71. The highest BCUT2D eigenvalue weighted by molar-refractivity contribution is 4.82. The molecule has 0 aromatic carbocycles. The van der Waals surface area contributed by atoms with Crippen molar-refractivity contribution in [2.24, 2.45) is 11.8 Å². The van der Waals surface area contributed by atoms with E-state index in [0.717, 1.165) is 11.8 Å². The van der Waals surface area contributed by atoms with E-state index < -0.39 is 0 Å². The van der Waals surface area contributed by atoms with E-state index in [9.17, 15) is 0 Å². The second kappa shape index (κ2) is 11.8. The summed E-state index contributed by atoms with van der Waals surface area (Å²) < 4.78 is 0. The van der Waals surface area contributed by atoms with Gasteiger partial charge in [-0.25, -0.2) is 0 Å². The SMILES string of the molecule is CCCCCCCCCCC1CCC1CNCCC. The smallest absolute Gasteiger partial charge is 0.00179 e. The predicted molar refractivity (Wildman–Crippen MR) is 86.6 cm³/mol. The quantitative estimate of drug-likeness (QED) is 0.432. The van der Waals surface area contributed by atoms with Crippen LogP contribution in [-0.2, 0) is 0 Å². The number of rotatable bonds is 13. The lowest BCUT2D eigenvalue weighted by molar-refractivity contribution is 0.156. The summed E-state index contributed by atoms with van der Waals surface area (Å²) in [5.74, 6) is 2.07. The molecule has 2 unspecified atom stereocenters. The van der Waals surface area contributed by atoms with Crippen LogP contribution in [0, 0.1) is 11.8 Å². The summed E-state index contributed by atoms with van der Waals surface area (Å²) >= 11 is 0. The van der Waals surface area contributed by atoms with Crippen LogP contribution in [-0.4, -0.2) is 13.1 Å². The Labute approximate surface area is 121 Å². The van der Waals surface area contributed by atoms with Crippen LogP contribution in [0.15, 0.2) is 0 Å². The molecule has 1 saturated carbocycles. The molecule has 1 nitrogen and oxygen atoms in total. The van der Waals surface area contributed by atoms with Crippen molar-refractivity contribution in [2.75, 3.05) is 13.1 Å². The summed E-state index contributed by atoms with van der Waals surface area (Å²) in [4.78, 5) is 0. The van der Waals surface area contributed by atoms with Gasteiger partial charge in [0.25, 0.3) is 0 Å². The normalized spacial score (nSPS) is 22.4. The molecule has 1 aliphatic rings. The largest absolute Gasteiger partial charge is 0.316 e. The van der Waals surface area contributed by atoms with E-state index in [-0.39, 0.29) is 0 Å². The maximum absolute atomic E-state index is 3.60. The summed E-state index contributed by atoms with van der Waals surface area (Å²) in [6, 6.07) is 0. The molecule has 2 atom stereocenters. The lowest BCUT2D eigenvalue weighted by Gasteiger charge is -2.37. The summed E-state index contributed by atoms with van der Waals surface area (Å²) in [6.07, 6.45) is 17.5. The lowest BCUT2D eigenvalue weighted by Crippen LogP contribution is -2.35. The van der Waals surface area contributed by atoms with Crippen LogP contribution in [0.5, 0.6) is 0 Å². The Morgan fingerprint density at radius 2 is 1.37 bits per heavy atom. The molecule has 1 N–H and O–H groups in total. The van der Waals surface area contributed by atoms with Crippen molar-refractivity contribution in [2.45, 2.75) is 90.9 Å². The van der Waals surface area contributed by atoms with Crippen molar-refractivity contribution in [3.05, 3.63) is 0 Å². The third kappa shape index (κ3) is 7.97. The molecule has 0 saturated heterocycles. The van der Waals surface area contributed by atoms with Gasteiger partial charge < -0.3 is 5.32 Å². The molecule has 0 aromatic heterocycles. The molecule has 1 aliphatic carbocycles. The van der Waals surface area contributed by atoms with Crippen molar-refractivity contribution in [1.82, 2.24) is 5.32 Å². The summed E-state index contributed by atoms with van der Waals surface area (Å²) in [5, 5.41) is 3.60. The molecule has 19 heavy (non-hydrogen) atoms. The maximum atomic E-state index is 3.60. The Bertz CT molecular complexity index is 190. The van der Waals surface area contributed by atoms with Crippen LogP contribution in [0.1, 0.15) is 90.9 Å². The average Bonchev–Trinajstić information content (AvgIpc) is 2.40. The molecule has 0 aliphatic heterocycles. The Balaban J connectivity index is 1.84. The zero-order chi connectivity index (χ0) is 13.8. The first-order valence-electron chi connectivity index (χ1n) is 9.09. The number of hydrogen-bond acceptors (Lipinski definition) is 1. The third-order valence-electron chi connectivity index (χ3n) is 4.84. The second-order valence-electron chi connectivity index (χ2n) is 6.57. The zero-order valence-corrected chi connectivity index (χ0v) is 13.6. The van der Waals surface area contributed by atoms with Gasteiger partial charge >= 0.3 is 0 Å². The van der Waals surface area contributed by atoms with Crippen molar-refractivity contribution >= 4 is 0 Å². The van der Waals surface area contributed by atoms with Gasteiger partial charge in [0.15, 0.2) is 0 Å². The first kappa shape index (κ1) is 17.0. The third-order valence-corrected chi connectivity index (χ3v) is 4.84. The first-order chi connectivity index (χ1) is 9.38. The molecule has 0 aromatic rings. The van der Waals surface area contributed by atoms with Crippen LogP contribution in [0.25, 0.3) is 0 Å². The van der Waals surface area contributed by atoms with Crippen LogP contribution >= 0.6 is 0 Å². The Morgan fingerprint density at radius 3 is 1.95 bits per heavy atom. The molecule has 1 heteroatoms. The number of unbranched alkanes of at least 4 members (excludes halogenated alkanes) is 7. The summed E-state index contributed by atoms with van der Waals surface area (Å²) in [5.41, 5.74) is 0. The van der Waals surface area contributed by atoms with E-state index >= 15 is 0 Å². The highest BCUT2D eigenvalue weighted by Crippen LogP contribution is 2.37. The van der Waals surface area contributed by atoms with E-state index in [1.807, 2.05) is 0 Å². The topological polar surface area (TPSA) is 12.0 Å². The van der Waals surface area contributed by atoms with E-state index in [0.29, 0.717) is 0 Å². The minimum atomic E-state index is 1.01. The van der Waals surface area contributed by atoms with Crippen molar-refractivity contribution in [1.29, 1.82) is 0 Å². The molecular weight excluding hydrogens is 230 g/mol. The fourth-order valence-electron chi connectivity index (χ4n) is 3.29. The van der Waals surface area contributed by atoms with Gasteiger partial charge in [0.1, 0.15) is 0 Å². The van der Waals surface area contributed by atoms with E-state index in [2.05, 4.69) is 19.2 Å². The molecule has 0 radical (unpaired) electrons. The van der Waals surface area contributed by atoms with Crippen molar-refractivity contribution in [3.8, 4) is 0 Å². The number of nitrogens with one attached hydrogen (secondary N) is 1. The molecule has 1 fully saturated rings. The summed E-state index contributed by atoms with van der Waals surface area (Å²) in [6.45, 7) is 7.05. The van der Waals surface area contributed by atoms with Crippen LogP contribution in [0.3, 0.4) is 0 Å². The number of hydrogen-bond donors (Lipinski definition) is 1. The van der Waals surface area contributed by atoms with Gasteiger partial charge in [0.2, 0.25) is 0 Å². The van der Waals surface area contributed by atoms with Crippen LogP contribution in [0.4, 0.5) is 0 Å². The molecule has 1 rings (SSSR count). The molecule has 0 heterocycles. The Kier molecular flexibility index (Phi) is 10.5. The van der Waals surface area contributed by atoms with Crippen LogP contribution in [0.2, 0.25) is 0 Å². The fourth-order valence-corrected chi connectivity index (χ4v) is 3.29. The highest BCUT2D eigenvalue weighted by atomic mass is 14.9. The Hall–Kier alpha value is -0.0400. The highest BCUT2D eigenvalue weighted by Gasteiger charge is 2.29. The minimum absolute atomic E-state index is 1.01. The van der Waals surface area contributed by atoms with Crippen LogP contribution < -0.4 is 5.32 Å². The van der Waals surface area contributed by atoms with E-state index in [4.69, 9.17) is 0 Å². The molecule has 114 valence electrons. The minimum Gasteiger partial charge on any atom is -0.316 e. The van der Waals surface area contributed by atoms with Gasteiger partial charge in [0, 0.05) is 0 Å². The predicted octanol–water partition coefficient (Wildman–Crippen LogP) is 5.54. The second-order valence-corrected chi connectivity index (χ2v) is 6.57. The average molecular weight is 268 g/mol. The van der Waals surface area contributed by atoms with Gasteiger partial charge in [-0.2, -0.15) is 0 Å². The van der Waals surface area contributed by atoms with E-state index in [1.165, 1.54) is 90.1 Å². The van der Waals surface area contributed by atoms with Gasteiger partial charge in [-0.05, 0) is 44.2 Å². The van der Waals surface area contributed by atoms with E-state index in [1.54, 1.807) is 0 Å². The van der Waals surface area contributed by atoms with Crippen molar-refractivity contribution < 1.29 is 0 Å². The van der Waals surface area contributed by atoms with Gasteiger partial charge in [0.05, 0.1) is 0 Å². The standard InChI is InChI=1S/C18H37N/c1-3-5-6-7-8-9-10-11-12-17-13-14-18(17)16-19-15-4-2/h17-19H,3-16H2,1-2H3. The maximum Gasteiger partial charge on any atom is -0.00179 e. The van der Waals surface area contributed by atoms with Gasteiger partial charge in [-0.1, -0.05) is 71.6 Å². The van der Waals surface area contributed by atoms with Gasteiger partial charge in [-0.15, -0.1) is 0 Å². The molecular formula is C18H37N. The summed E-state index contributed by atoms with van der Waals surface area (Å²) in [7, 11) is 0. The first-order valence-corrected chi connectivity index (χ1v) is 9.09. The molecule has 0 amide bonds. The fraction of sp³-hybridized carbons (Fsp3) is 1.00. The monoisotopic (exact) mass is 267 g/mol.